The van der Waals surface area contributed by atoms with Gasteiger partial charge >= 0.3 is 0 Å². The number of alkyl halides is 1. The van der Waals surface area contributed by atoms with Gasteiger partial charge in [-0.1, -0.05) is 15.9 Å². The predicted octanol–water partition coefficient (Wildman–Crippen LogP) is 3.76. The van der Waals surface area contributed by atoms with Gasteiger partial charge in [-0.25, -0.2) is 0 Å². The summed E-state index contributed by atoms with van der Waals surface area (Å²) in [5.41, 5.74) is 3.14. The van der Waals surface area contributed by atoms with E-state index in [2.05, 4.69) is 52.8 Å². The molecule has 0 radical (unpaired) electrons. The lowest BCUT2D eigenvalue weighted by molar-refractivity contribution is 0.598. The quantitative estimate of drug-likeness (QED) is 0.715. The monoisotopic (exact) mass is 369 g/mol. The first-order valence-corrected chi connectivity index (χ1v) is 7.74. The van der Waals surface area contributed by atoms with Crippen molar-refractivity contribution in [3.63, 3.8) is 0 Å². The average Bonchev–Trinajstić information content (AvgIpc) is 2.38. The highest BCUT2D eigenvalue weighted by Gasteiger charge is 2.19. The van der Waals surface area contributed by atoms with Crippen molar-refractivity contribution in [2.45, 2.75) is 17.7 Å². The van der Waals surface area contributed by atoms with Gasteiger partial charge < -0.3 is 4.90 Å². The molecule has 0 aliphatic carbocycles. The third-order valence-electron chi connectivity index (χ3n) is 3.29. The second-order valence-electron chi connectivity index (χ2n) is 4.51. The van der Waals surface area contributed by atoms with Gasteiger partial charge in [0.1, 0.15) is 5.52 Å². The van der Waals surface area contributed by atoms with Crippen LogP contribution in [-0.2, 0) is 0 Å². The van der Waals surface area contributed by atoms with E-state index in [1.54, 1.807) is 0 Å². The molecule has 0 saturated carbocycles. The Balaban J connectivity index is 2.01. The van der Waals surface area contributed by atoms with Crippen LogP contribution in [0, 0.1) is 0 Å². The van der Waals surface area contributed by atoms with Crippen LogP contribution in [0.2, 0.25) is 0 Å². The lowest BCUT2D eigenvalue weighted by Crippen LogP contribution is -2.34. The maximum absolute atomic E-state index is 4.51. The Labute approximate surface area is 123 Å². The molecule has 3 heterocycles. The summed E-state index contributed by atoms with van der Waals surface area (Å²) in [5, 5.41) is 0. The van der Waals surface area contributed by atoms with Gasteiger partial charge in [0.05, 0.1) is 11.2 Å². The number of fused-ring (bicyclic) bond motifs is 1. The molecule has 2 aromatic heterocycles. The molecule has 5 heteroatoms. The molecule has 0 bridgehead atoms. The van der Waals surface area contributed by atoms with Crippen LogP contribution in [0.25, 0.3) is 11.0 Å². The van der Waals surface area contributed by atoms with Crippen molar-refractivity contribution in [2.24, 2.45) is 0 Å². The topological polar surface area (TPSA) is 29.0 Å². The Hall–Kier alpha value is -0.680. The molecule has 0 spiro atoms. The number of aromatic nitrogens is 2. The van der Waals surface area contributed by atoms with E-state index in [1.807, 2.05) is 18.5 Å². The van der Waals surface area contributed by atoms with Crippen molar-refractivity contribution in [3.05, 3.63) is 29.0 Å². The smallest absolute Gasteiger partial charge is 0.112 e. The summed E-state index contributed by atoms with van der Waals surface area (Å²) < 4.78 is 0.971. The van der Waals surface area contributed by atoms with E-state index >= 15 is 0 Å². The van der Waals surface area contributed by atoms with Crippen molar-refractivity contribution in [1.29, 1.82) is 0 Å². The Morgan fingerprint density at radius 3 is 2.78 bits per heavy atom. The zero-order chi connectivity index (χ0) is 12.5. The molecule has 3 rings (SSSR count). The first-order chi connectivity index (χ1) is 8.74. The first kappa shape index (κ1) is 12.4. The highest BCUT2D eigenvalue weighted by molar-refractivity contribution is 9.10. The second-order valence-corrected chi connectivity index (χ2v) is 6.72. The number of nitrogens with zero attached hydrogens (tertiary/aromatic N) is 3. The molecular formula is C13H13Br2N3. The summed E-state index contributed by atoms with van der Waals surface area (Å²) in [6.45, 7) is 2.15. The summed E-state index contributed by atoms with van der Waals surface area (Å²) in [5.74, 6) is 0. The van der Waals surface area contributed by atoms with Gasteiger partial charge in [-0.05, 0) is 40.9 Å². The average molecular weight is 371 g/mol. The van der Waals surface area contributed by atoms with Gasteiger partial charge in [-0.2, -0.15) is 0 Å². The molecule has 1 saturated heterocycles. The summed E-state index contributed by atoms with van der Waals surface area (Å²) in [6.07, 6.45) is 6.07. The fraction of sp³-hybridized carbons (Fsp3) is 0.385. The van der Waals surface area contributed by atoms with Crippen LogP contribution in [0.4, 0.5) is 5.69 Å². The highest BCUT2D eigenvalue weighted by atomic mass is 79.9. The van der Waals surface area contributed by atoms with Crippen molar-refractivity contribution < 1.29 is 0 Å². The Morgan fingerprint density at radius 1 is 1.22 bits per heavy atom. The van der Waals surface area contributed by atoms with Crippen LogP contribution in [0.15, 0.2) is 29.0 Å². The van der Waals surface area contributed by atoms with E-state index in [4.69, 9.17) is 0 Å². The molecule has 0 amide bonds. The molecule has 18 heavy (non-hydrogen) atoms. The van der Waals surface area contributed by atoms with Gasteiger partial charge in [0.25, 0.3) is 0 Å². The number of hydrogen-bond donors (Lipinski definition) is 0. The molecule has 0 aromatic carbocycles. The minimum atomic E-state index is 0.656. The molecule has 1 fully saturated rings. The molecule has 1 aliphatic heterocycles. The molecule has 1 aliphatic rings. The Bertz CT molecular complexity index is 565. The Kier molecular flexibility index (Phi) is 3.52. The standard InChI is InChI=1S/C13H13Br2N3/c14-9-2-5-18(6-3-9)12-1-4-16-11-7-10(15)8-17-13(11)12/h1,4,7-9H,2-3,5-6H2. The van der Waals surface area contributed by atoms with Crippen LogP contribution in [0.5, 0.6) is 0 Å². The maximum Gasteiger partial charge on any atom is 0.112 e. The fourth-order valence-electron chi connectivity index (χ4n) is 2.34. The van der Waals surface area contributed by atoms with Crippen molar-refractivity contribution in [3.8, 4) is 0 Å². The van der Waals surface area contributed by atoms with E-state index < -0.39 is 0 Å². The number of rotatable bonds is 1. The lowest BCUT2D eigenvalue weighted by Gasteiger charge is -2.31. The van der Waals surface area contributed by atoms with Gasteiger partial charge in [0.2, 0.25) is 0 Å². The van der Waals surface area contributed by atoms with Crippen molar-refractivity contribution in [2.75, 3.05) is 18.0 Å². The zero-order valence-electron chi connectivity index (χ0n) is 9.81. The van der Waals surface area contributed by atoms with Gasteiger partial charge in [-0.15, -0.1) is 0 Å². The number of halogens is 2. The summed E-state index contributed by atoms with van der Waals surface area (Å²) >= 11 is 7.13. The van der Waals surface area contributed by atoms with Crippen LogP contribution in [-0.4, -0.2) is 27.9 Å². The zero-order valence-corrected chi connectivity index (χ0v) is 13.0. The Morgan fingerprint density at radius 2 is 2.00 bits per heavy atom. The summed E-state index contributed by atoms with van der Waals surface area (Å²) in [6, 6.07) is 4.08. The molecule has 0 N–H and O–H groups in total. The second kappa shape index (κ2) is 5.13. The van der Waals surface area contributed by atoms with Gasteiger partial charge in [-0.3, -0.25) is 9.97 Å². The van der Waals surface area contributed by atoms with E-state index in [0.717, 1.165) is 28.6 Å². The summed E-state index contributed by atoms with van der Waals surface area (Å²) in [4.78, 5) is 12.0. The van der Waals surface area contributed by atoms with Crippen molar-refractivity contribution >= 4 is 48.6 Å². The lowest BCUT2D eigenvalue weighted by atomic mass is 10.1. The SMILES string of the molecule is Brc1cnc2c(N3CCC(Br)CC3)ccnc2c1. The highest BCUT2D eigenvalue weighted by Crippen LogP contribution is 2.28. The van der Waals surface area contributed by atoms with E-state index in [0.29, 0.717) is 4.83 Å². The van der Waals surface area contributed by atoms with Crippen LogP contribution in [0.1, 0.15) is 12.8 Å². The largest absolute Gasteiger partial charge is 0.370 e. The fourth-order valence-corrected chi connectivity index (χ4v) is 3.06. The van der Waals surface area contributed by atoms with Gasteiger partial charge in [0, 0.05) is 34.8 Å². The van der Waals surface area contributed by atoms with Gasteiger partial charge in [0.15, 0.2) is 0 Å². The van der Waals surface area contributed by atoms with E-state index in [9.17, 15) is 0 Å². The van der Waals surface area contributed by atoms with Crippen LogP contribution in [0.3, 0.4) is 0 Å². The normalized spacial score (nSPS) is 17.3. The number of hydrogen-bond acceptors (Lipinski definition) is 3. The predicted molar refractivity (Wildman–Crippen MR) is 81.4 cm³/mol. The molecule has 94 valence electrons. The van der Waals surface area contributed by atoms with Crippen LogP contribution < -0.4 is 4.90 Å². The summed E-state index contributed by atoms with van der Waals surface area (Å²) in [7, 11) is 0. The third kappa shape index (κ3) is 2.38. The molecule has 2 aromatic rings. The van der Waals surface area contributed by atoms with Crippen molar-refractivity contribution in [1.82, 2.24) is 9.97 Å². The minimum absolute atomic E-state index is 0.656. The molecule has 0 unspecified atom stereocenters. The first-order valence-electron chi connectivity index (χ1n) is 6.03. The van der Waals surface area contributed by atoms with E-state index in [-0.39, 0.29) is 0 Å². The molecule has 0 atom stereocenters. The van der Waals surface area contributed by atoms with Crippen LogP contribution >= 0.6 is 31.9 Å². The third-order valence-corrected chi connectivity index (χ3v) is 4.64. The molecular weight excluding hydrogens is 358 g/mol. The number of anilines is 1. The number of piperidine rings is 1. The maximum atomic E-state index is 4.51. The molecule has 3 nitrogen and oxygen atoms in total. The van der Waals surface area contributed by atoms with E-state index in [1.165, 1.54) is 18.5 Å². The minimum Gasteiger partial charge on any atom is -0.370 e. The number of pyridine rings is 2.